The van der Waals surface area contributed by atoms with Crippen LogP contribution in [0.1, 0.15) is 0 Å². The number of imidazole rings is 1. The summed E-state index contributed by atoms with van der Waals surface area (Å²) in [6.45, 7) is 0. The molecular formula is C13H10BrN3O. The SMILES string of the molecule is Nc1ccc(-c2nc3c(Br)cccc3[nH]2)c(O)c1. The summed E-state index contributed by atoms with van der Waals surface area (Å²) in [5.41, 5.74) is 8.51. The topological polar surface area (TPSA) is 74.9 Å². The highest BCUT2D eigenvalue weighted by Gasteiger charge is 2.11. The number of nitrogens with zero attached hydrogens (tertiary/aromatic N) is 1. The first kappa shape index (κ1) is 11.1. The molecule has 0 aliphatic rings. The number of nitrogens with one attached hydrogen (secondary N) is 1. The largest absolute Gasteiger partial charge is 0.507 e. The molecule has 0 bridgehead atoms. The number of halogens is 1. The van der Waals surface area contributed by atoms with Gasteiger partial charge in [-0.15, -0.1) is 0 Å². The molecule has 90 valence electrons. The number of H-pyrrole nitrogens is 1. The molecule has 3 rings (SSSR count). The number of aromatic nitrogens is 2. The van der Waals surface area contributed by atoms with Crippen LogP contribution >= 0.6 is 15.9 Å². The van der Waals surface area contributed by atoms with Crippen LogP contribution in [0.2, 0.25) is 0 Å². The Labute approximate surface area is 112 Å². The summed E-state index contributed by atoms with van der Waals surface area (Å²) in [5, 5.41) is 9.89. The minimum Gasteiger partial charge on any atom is -0.507 e. The normalized spacial score (nSPS) is 10.9. The molecule has 5 heteroatoms. The Hall–Kier alpha value is -2.01. The highest BCUT2D eigenvalue weighted by atomic mass is 79.9. The average Bonchev–Trinajstić information content (AvgIpc) is 2.74. The number of hydrogen-bond donors (Lipinski definition) is 3. The van der Waals surface area contributed by atoms with Crippen LogP contribution in [0, 0.1) is 0 Å². The Morgan fingerprint density at radius 3 is 2.78 bits per heavy atom. The van der Waals surface area contributed by atoms with Crippen molar-refractivity contribution in [3.05, 3.63) is 40.9 Å². The van der Waals surface area contributed by atoms with Gasteiger partial charge in [0.2, 0.25) is 0 Å². The van der Waals surface area contributed by atoms with E-state index in [0.717, 1.165) is 15.5 Å². The van der Waals surface area contributed by atoms with E-state index in [4.69, 9.17) is 5.73 Å². The Bertz CT molecular complexity index is 736. The maximum atomic E-state index is 9.89. The third kappa shape index (κ3) is 1.73. The van der Waals surface area contributed by atoms with Crippen LogP contribution in [0.15, 0.2) is 40.9 Å². The first-order valence-electron chi connectivity index (χ1n) is 5.38. The number of nitrogen functional groups attached to an aromatic ring is 1. The number of rotatable bonds is 1. The van der Waals surface area contributed by atoms with E-state index in [9.17, 15) is 5.11 Å². The first-order chi connectivity index (χ1) is 8.65. The summed E-state index contributed by atoms with van der Waals surface area (Å²) in [5.74, 6) is 0.736. The summed E-state index contributed by atoms with van der Waals surface area (Å²) in [7, 11) is 0. The highest BCUT2D eigenvalue weighted by molar-refractivity contribution is 9.10. The average molecular weight is 304 g/mol. The van der Waals surface area contributed by atoms with Gasteiger partial charge in [0.15, 0.2) is 0 Å². The van der Waals surface area contributed by atoms with Crippen molar-refractivity contribution < 1.29 is 5.11 Å². The first-order valence-corrected chi connectivity index (χ1v) is 6.17. The molecule has 0 unspecified atom stereocenters. The summed E-state index contributed by atoms with van der Waals surface area (Å²) in [6, 6.07) is 10.8. The van der Waals surface area contributed by atoms with E-state index in [2.05, 4.69) is 25.9 Å². The predicted molar refractivity (Wildman–Crippen MR) is 75.3 cm³/mol. The second-order valence-corrected chi connectivity index (χ2v) is 4.85. The second-order valence-electron chi connectivity index (χ2n) is 4.00. The molecule has 4 nitrogen and oxygen atoms in total. The van der Waals surface area contributed by atoms with Gasteiger partial charge in [-0.05, 0) is 40.2 Å². The van der Waals surface area contributed by atoms with Gasteiger partial charge in [-0.3, -0.25) is 0 Å². The van der Waals surface area contributed by atoms with Gasteiger partial charge in [-0.25, -0.2) is 4.98 Å². The van der Waals surface area contributed by atoms with Crippen LogP contribution in [0.25, 0.3) is 22.4 Å². The van der Waals surface area contributed by atoms with Crippen LogP contribution in [-0.2, 0) is 0 Å². The zero-order valence-electron chi connectivity index (χ0n) is 9.31. The number of benzene rings is 2. The molecule has 0 atom stereocenters. The summed E-state index contributed by atoms with van der Waals surface area (Å²) in [4.78, 5) is 7.64. The number of anilines is 1. The number of phenolic OH excluding ortho intramolecular Hbond substituents is 1. The quantitative estimate of drug-likeness (QED) is 0.604. The maximum Gasteiger partial charge on any atom is 0.142 e. The molecule has 4 N–H and O–H groups in total. The molecule has 0 spiro atoms. The molecule has 0 saturated carbocycles. The van der Waals surface area contributed by atoms with E-state index in [1.807, 2.05) is 18.2 Å². The fourth-order valence-corrected chi connectivity index (χ4v) is 2.33. The van der Waals surface area contributed by atoms with Crippen LogP contribution in [0.3, 0.4) is 0 Å². The third-order valence-electron chi connectivity index (χ3n) is 2.74. The van der Waals surface area contributed by atoms with E-state index in [-0.39, 0.29) is 5.75 Å². The standard InChI is InChI=1S/C13H10BrN3O/c14-9-2-1-3-10-12(9)17-13(16-10)8-5-4-7(15)6-11(8)18/h1-6,18H,15H2,(H,16,17). The molecule has 0 aliphatic carbocycles. The van der Waals surface area contributed by atoms with E-state index in [1.165, 1.54) is 6.07 Å². The van der Waals surface area contributed by atoms with Crippen molar-refractivity contribution in [1.82, 2.24) is 9.97 Å². The van der Waals surface area contributed by atoms with Crippen molar-refractivity contribution in [2.24, 2.45) is 0 Å². The molecule has 2 aromatic carbocycles. The molecule has 0 aliphatic heterocycles. The summed E-state index contributed by atoms with van der Waals surface area (Å²) in [6.07, 6.45) is 0. The minimum atomic E-state index is 0.116. The molecule has 0 amide bonds. The van der Waals surface area contributed by atoms with Crippen LogP contribution in [-0.4, -0.2) is 15.1 Å². The Morgan fingerprint density at radius 2 is 2.06 bits per heavy atom. The van der Waals surface area contributed by atoms with Gasteiger partial charge in [-0.1, -0.05) is 6.07 Å². The van der Waals surface area contributed by atoms with Crippen LogP contribution in [0.4, 0.5) is 5.69 Å². The van der Waals surface area contributed by atoms with Gasteiger partial charge in [0.1, 0.15) is 17.1 Å². The van der Waals surface area contributed by atoms with Crippen LogP contribution < -0.4 is 5.73 Å². The van der Waals surface area contributed by atoms with Crippen molar-refractivity contribution >= 4 is 32.7 Å². The Kier molecular flexibility index (Phi) is 2.48. The lowest BCUT2D eigenvalue weighted by atomic mass is 10.2. The zero-order chi connectivity index (χ0) is 12.7. The number of phenols is 1. The molecule has 18 heavy (non-hydrogen) atoms. The van der Waals surface area contributed by atoms with Crippen molar-refractivity contribution in [3.63, 3.8) is 0 Å². The highest BCUT2D eigenvalue weighted by Crippen LogP contribution is 2.31. The molecular weight excluding hydrogens is 294 g/mol. The number of aromatic amines is 1. The van der Waals surface area contributed by atoms with E-state index >= 15 is 0 Å². The van der Waals surface area contributed by atoms with Gasteiger partial charge < -0.3 is 15.8 Å². The Morgan fingerprint density at radius 1 is 1.22 bits per heavy atom. The van der Waals surface area contributed by atoms with Crippen molar-refractivity contribution in [2.45, 2.75) is 0 Å². The van der Waals surface area contributed by atoms with Gasteiger partial charge in [-0.2, -0.15) is 0 Å². The third-order valence-corrected chi connectivity index (χ3v) is 3.38. The monoisotopic (exact) mass is 303 g/mol. The molecule has 1 heterocycles. The lowest BCUT2D eigenvalue weighted by molar-refractivity contribution is 0.477. The van der Waals surface area contributed by atoms with Gasteiger partial charge in [0, 0.05) is 16.2 Å². The van der Waals surface area contributed by atoms with E-state index < -0.39 is 0 Å². The summed E-state index contributed by atoms with van der Waals surface area (Å²) < 4.78 is 0.914. The Balaban J connectivity index is 2.23. The summed E-state index contributed by atoms with van der Waals surface area (Å²) >= 11 is 3.45. The molecule has 0 saturated heterocycles. The minimum absolute atomic E-state index is 0.116. The van der Waals surface area contributed by atoms with Crippen LogP contribution in [0.5, 0.6) is 5.75 Å². The zero-order valence-corrected chi connectivity index (χ0v) is 10.9. The smallest absolute Gasteiger partial charge is 0.142 e. The molecule has 0 radical (unpaired) electrons. The predicted octanol–water partition coefficient (Wildman–Crippen LogP) is 3.28. The van der Waals surface area contributed by atoms with E-state index in [1.54, 1.807) is 12.1 Å². The molecule has 0 fully saturated rings. The van der Waals surface area contributed by atoms with Crippen molar-refractivity contribution in [2.75, 3.05) is 5.73 Å². The van der Waals surface area contributed by atoms with Crippen molar-refractivity contribution in [3.8, 4) is 17.1 Å². The molecule has 1 aromatic heterocycles. The number of para-hydroxylation sites is 1. The number of aromatic hydroxyl groups is 1. The lowest BCUT2D eigenvalue weighted by Gasteiger charge is -2.01. The van der Waals surface area contributed by atoms with Crippen molar-refractivity contribution in [1.29, 1.82) is 0 Å². The van der Waals surface area contributed by atoms with Gasteiger partial charge in [0.05, 0.1) is 11.1 Å². The maximum absolute atomic E-state index is 9.89. The van der Waals surface area contributed by atoms with Gasteiger partial charge >= 0.3 is 0 Å². The second kappa shape index (κ2) is 4.03. The fraction of sp³-hybridized carbons (Fsp3) is 0. The number of fused-ring (bicyclic) bond motifs is 1. The fourth-order valence-electron chi connectivity index (χ4n) is 1.87. The number of nitrogens with two attached hydrogens (primary N) is 1. The molecule has 3 aromatic rings. The van der Waals surface area contributed by atoms with E-state index in [0.29, 0.717) is 17.1 Å². The lowest BCUT2D eigenvalue weighted by Crippen LogP contribution is -1.86. The van der Waals surface area contributed by atoms with Gasteiger partial charge in [0.25, 0.3) is 0 Å². The number of hydrogen-bond acceptors (Lipinski definition) is 3.